The van der Waals surface area contributed by atoms with Gasteiger partial charge in [-0.15, -0.1) is 5.10 Å². The molecule has 0 spiro atoms. The van der Waals surface area contributed by atoms with Crippen LogP contribution in [0.4, 0.5) is 10.5 Å². The van der Waals surface area contributed by atoms with E-state index in [4.69, 9.17) is 0 Å². The van der Waals surface area contributed by atoms with Gasteiger partial charge in [0, 0.05) is 10.6 Å². The van der Waals surface area contributed by atoms with Gasteiger partial charge in [-0.3, -0.25) is 0 Å². The van der Waals surface area contributed by atoms with E-state index < -0.39 is 0 Å². The van der Waals surface area contributed by atoms with Gasteiger partial charge >= 0.3 is 6.03 Å². The van der Waals surface area contributed by atoms with Gasteiger partial charge < -0.3 is 5.32 Å². The minimum absolute atomic E-state index is 0.330. The summed E-state index contributed by atoms with van der Waals surface area (Å²) in [6, 6.07) is 17.4. The van der Waals surface area contributed by atoms with E-state index in [0.29, 0.717) is 5.16 Å². The molecule has 1 aromatic heterocycles. The first kappa shape index (κ1) is 16.6. The number of hydrogen-bond acceptors (Lipinski definition) is 5. The average Bonchev–Trinajstić information content (AvgIpc) is 3.11. The minimum Gasteiger partial charge on any atom is -0.306 e. The summed E-state index contributed by atoms with van der Waals surface area (Å²) in [5, 5.41) is 7.53. The standard InChI is InChI=1S/C17H16N4OS2/c1-2-13-8-10-14(11-9-13)19-17(22)21-12-18-16(20-21)24-23-15-6-4-3-5-7-15/h3-12H,2H2,1H3,(H,19,22). The van der Waals surface area contributed by atoms with Crippen LogP contribution < -0.4 is 5.32 Å². The van der Waals surface area contributed by atoms with Crippen LogP contribution in [0.3, 0.4) is 0 Å². The minimum atomic E-state index is -0.330. The summed E-state index contributed by atoms with van der Waals surface area (Å²) < 4.78 is 1.21. The lowest BCUT2D eigenvalue weighted by atomic mass is 10.1. The van der Waals surface area contributed by atoms with Gasteiger partial charge in [0.2, 0.25) is 5.16 Å². The second-order valence-electron chi connectivity index (χ2n) is 4.93. The molecule has 122 valence electrons. The van der Waals surface area contributed by atoms with E-state index in [2.05, 4.69) is 22.3 Å². The first-order chi connectivity index (χ1) is 11.7. The number of aryl methyl sites for hydroxylation is 1. The fraction of sp³-hybridized carbons (Fsp3) is 0.118. The van der Waals surface area contributed by atoms with Crippen LogP contribution in [0, 0.1) is 0 Å². The third-order valence-corrected chi connectivity index (χ3v) is 5.41. The quantitative estimate of drug-likeness (QED) is 0.670. The largest absolute Gasteiger partial charge is 0.348 e. The van der Waals surface area contributed by atoms with E-state index in [1.165, 1.54) is 27.4 Å². The Morgan fingerprint density at radius 1 is 1.08 bits per heavy atom. The third-order valence-electron chi connectivity index (χ3n) is 3.25. The molecule has 0 aliphatic heterocycles. The Morgan fingerprint density at radius 3 is 2.54 bits per heavy atom. The number of benzene rings is 2. The van der Waals surface area contributed by atoms with Crippen LogP contribution in [0.15, 0.2) is 71.0 Å². The smallest absolute Gasteiger partial charge is 0.306 e. The molecular formula is C17H16N4OS2. The Morgan fingerprint density at radius 2 is 1.83 bits per heavy atom. The van der Waals surface area contributed by atoms with Crippen molar-refractivity contribution in [1.29, 1.82) is 0 Å². The molecule has 7 heteroatoms. The first-order valence-corrected chi connectivity index (χ1v) is 9.61. The second kappa shape index (κ2) is 8.03. The van der Waals surface area contributed by atoms with Crippen LogP contribution in [0.1, 0.15) is 12.5 Å². The molecule has 0 saturated heterocycles. The fourth-order valence-electron chi connectivity index (χ4n) is 1.95. The molecule has 1 N–H and O–H groups in total. The molecular weight excluding hydrogens is 340 g/mol. The Labute approximate surface area is 148 Å². The van der Waals surface area contributed by atoms with Crippen molar-refractivity contribution in [2.45, 2.75) is 23.4 Å². The Balaban J connectivity index is 1.58. The fourth-order valence-corrected chi connectivity index (χ4v) is 3.68. The van der Waals surface area contributed by atoms with Crippen molar-refractivity contribution < 1.29 is 4.79 Å². The predicted octanol–water partition coefficient (Wildman–Crippen LogP) is 4.72. The van der Waals surface area contributed by atoms with Gasteiger partial charge in [-0.1, -0.05) is 37.3 Å². The van der Waals surface area contributed by atoms with E-state index >= 15 is 0 Å². The van der Waals surface area contributed by atoms with Crippen LogP contribution in [0.25, 0.3) is 0 Å². The summed E-state index contributed by atoms with van der Waals surface area (Å²) in [7, 11) is 2.97. The molecule has 0 atom stereocenters. The molecule has 3 aromatic rings. The first-order valence-electron chi connectivity index (χ1n) is 7.46. The lowest BCUT2D eigenvalue weighted by Crippen LogP contribution is -2.19. The molecule has 0 fully saturated rings. The summed E-state index contributed by atoms with van der Waals surface area (Å²) in [6.07, 6.45) is 2.39. The highest BCUT2D eigenvalue weighted by molar-refractivity contribution is 8.76. The monoisotopic (exact) mass is 356 g/mol. The molecule has 1 heterocycles. The number of nitrogens with zero attached hydrogens (tertiary/aromatic N) is 3. The average molecular weight is 356 g/mol. The van der Waals surface area contributed by atoms with Gasteiger partial charge in [-0.25, -0.2) is 9.78 Å². The van der Waals surface area contributed by atoms with Gasteiger partial charge in [-0.2, -0.15) is 4.68 Å². The van der Waals surface area contributed by atoms with Crippen LogP contribution in [0.5, 0.6) is 0 Å². The van der Waals surface area contributed by atoms with Crippen molar-refractivity contribution in [2.75, 3.05) is 5.32 Å². The van der Waals surface area contributed by atoms with Gasteiger partial charge in [0.1, 0.15) is 6.33 Å². The van der Waals surface area contributed by atoms with Gasteiger partial charge in [0.05, 0.1) is 0 Å². The molecule has 5 nitrogen and oxygen atoms in total. The zero-order valence-corrected chi connectivity index (χ0v) is 14.7. The number of nitrogens with one attached hydrogen (secondary N) is 1. The van der Waals surface area contributed by atoms with Crippen molar-refractivity contribution in [3.63, 3.8) is 0 Å². The van der Waals surface area contributed by atoms with Crippen LogP contribution in [0.2, 0.25) is 0 Å². The summed E-state index contributed by atoms with van der Waals surface area (Å²) in [6.45, 7) is 2.09. The maximum Gasteiger partial charge on any atom is 0.348 e. The SMILES string of the molecule is CCc1ccc(NC(=O)n2cnc(SSc3ccccc3)n2)cc1. The molecule has 24 heavy (non-hydrogen) atoms. The summed E-state index contributed by atoms with van der Waals surface area (Å²) in [5.74, 6) is 0. The van der Waals surface area contributed by atoms with E-state index in [1.807, 2.05) is 54.6 Å². The normalized spacial score (nSPS) is 10.5. The molecule has 0 aliphatic rings. The zero-order valence-electron chi connectivity index (χ0n) is 13.0. The Kier molecular flexibility index (Phi) is 5.55. The van der Waals surface area contributed by atoms with Gasteiger partial charge in [0.25, 0.3) is 0 Å². The summed E-state index contributed by atoms with van der Waals surface area (Å²) in [5.41, 5.74) is 1.96. The maximum absolute atomic E-state index is 12.2. The van der Waals surface area contributed by atoms with Gasteiger partial charge in [-0.05, 0) is 57.8 Å². The summed E-state index contributed by atoms with van der Waals surface area (Å²) in [4.78, 5) is 17.5. The summed E-state index contributed by atoms with van der Waals surface area (Å²) >= 11 is 0. The topological polar surface area (TPSA) is 59.8 Å². The van der Waals surface area contributed by atoms with E-state index in [1.54, 1.807) is 10.8 Å². The number of amides is 1. The second-order valence-corrected chi connectivity index (χ2v) is 7.10. The zero-order chi connectivity index (χ0) is 16.8. The molecule has 0 radical (unpaired) electrons. The van der Waals surface area contributed by atoms with Crippen molar-refractivity contribution in [3.05, 3.63) is 66.5 Å². The molecule has 0 bridgehead atoms. The van der Waals surface area contributed by atoms with Crippen LogP contribution >= 0.6 is 21.6 Å². The van der Waals surface area contributed by atoms with E-state index in [0.717, 1.165) is 17.0 Å². The number of hydrogen-bond donors (Lipinski definition) is 1. The number of anilines is 1. The number of rotatable bonds is 5. The highest BCUT2D eigenvalue weighted by Gasteiger charge is 2.10. The van der Waals surface area contributed by atoms with Crippen molar-refractivity contribution >= 4 is 33.3 Å². The maximum atomic E-state index is 12.2. The third kappa shape index (κ3) is 4.39. The van der Waals surface area contributed by atoms with E-state index in [-0.39, 0.29) is 6.03 Å². The van der Waals surface area contributed by atoms with Crippen molar-refractivity contribution in [1.82, 2.24) is 14.8 Å². The molecule has 2 aromatic carbocycles. The van der Waals surface area contributed by atoms with Crippen molar-refractivity contribution in [2.24, 2.45) is 0 Å². The highest BCUT2D eigenvalue weighted by atomic mass is 33.1. The van der Waals surface area contributed by atoms with Crippen LogP contribution in [-0.2, 0) is 6.42 Å². The Hall–Kier alpha value is -2.25. The van der Waals surface area contributed by atoms with E-state index in [9.17, 15) is 4.79 Å². The van der Waals surface area contributed by atoms with Crippen molar-refractivity contribution in [3.8, 4) is 0 Å². The number of aromatic nitrogens is 3. The predicted molar refractivity (Wildman–Crippen MR) is 98.4 cm³/mol. The molecule has 3 rings (SSSR count). The Bertz CT molecular complexity index is 803. The number of carbonyl (C=O) groups excluding carboxylic acids is 1. The highest BCUT2D eigenvalue weighted by Crippen LogP contribution is 2.34. The van der Waals surface area contributed by atoms with Crippen LogP contribution in [-0.4, -0.2) is 20.8 Å². The molecule has 0 aliphatic carbocycles. The lowest BCUT2D eigenvalue weighted by molar-refractivity contribution is 0.250. The van der Waals surface area contributed by atoms with Gasteiger partial charge in [0.15, 0.2) is 0 Å². The molecule has 0 unspecified atom stereocenters. The number of carbonyl (C=O) groups is 1. The lowest BCUT2D eigenvalue weighted by Gasteiger charge is -2.05. The molecule has 0 saturated carbocycles. The molecule has 1 amide bonds.